The van der Waals surface area contributed by atoms with Crippen molar-refractivity contribution in [2.75, 3.05) is 11.2 Å². The molecule has 0 aliphatic heterocycles. The summed E-state index contributed by atoms with van der Waals surface area (Å²) in [5, 5.41) is 10.5. The summed E-state index contributed by atoms with van der Waals surface area (Å²) in [5.41, 5.74) is 7.75. The van der Waals surface area contributed by atoms with Gasteiger partial charge in [0.25, 0.3) is 5.69 Å². The van der Waals surface area contributed by atoms with Gasteiger partial charge in [-0.25, -0.2) is 5.84 Å². The number of nitrogens with two attached hydrogens (primary N) is 2. The van der Waals surface area contributed by atoms with Crippen LogP contribution in [0.15, 0.2) is 30.3 Å². The molecule has 0 bridgehead atoms. The maximum atomic E-state index is 10.5. The maximum Gasteiger partial charge on any atom is 0.269 e. The number of nitro benzene ring substituents is 1. The highest BCUT2D eigenvalue weighted by Crippen LogP contribution is 2.24. The molecule has 1 aromatic carbocycles. The largest absolute Gasteiger partial charge is 0.439 e. The maximum absolute atomic E-state index is 10.5. The van der Waals surface area contributed by atoms with Crippen molar-refractivity contribution in [1.29, 1.82) is 0 Å². The Balaban J connectivity index is 2.21. The summed E-state index contributed by atoms with van der Waals surface area (Å²) in [7, 11) is 0. The number of rotatable bonds is 4. The van der Waals surface area contributed by atoms with Crippen molar-refractivity contribution in [2.24, 2.45) is 5.84 Å². The van der Waals surface area contributed by atoms with Crippen LogP contribution in [0.5, 0.6) is 11.6 Å². The number of nitro groups is 1. The van der Waals surface area contributed by atoms with E-state index in [9.17, 15) is 10.1 Å². The minimum absolute atomic E-state index is 0.00707. The van der Waals surface area contributed by atoms with Crippen LogP contribution in [0.4, 0.5) is 17.5 Å². The molecule has 0 aliphatic rings. The molecule has 0 aliphatic carbocycles. The molecule has 98 valence electrons. The zero-order valence-electron chi connectivity index (χ0n) is 9.61. The quantitative estimate of drug-likeness (QED) is 0.421. The van der Waals surface area contributed by atoms with E-state index in [1.807, 2.05) is 0 Å². The number of nitrogens with one attached hydrogen (secondary N) is 1. The van der Waals surface area contributed by atoms with Crippen molar-refractivity contribution < 1.29 is 9.66 Å². The third kappa shape index (κ3) is 3.04. The topological polar surface area (TPSA) is 142 Å². The number of nitrogen functional groups attached to an aromatic ring is 2. The Kier molecular flexibility index (Phi) is 3.39. The summed E-state index contributed by atoms with van der Waals surface area (Å²) in [6.45, 7) is 0. The Morgan fingerprint density at radius 3 is 2.53 bits per heavy atom. The average molecular weight is 262 g/mol. The lowest BCUT2D eigenvalue weighted by Crippen LogP contribution is -2.10. The molecular weight excluding hydrogens is 252 g/mol. The highest BCUT2D eigenvalue weighted by molar-refractivity contribution is 5.44. The summed E-state index contributed by atoms with van der Waals surface area (Å²) in [5.74, 6) is 6.05. The molecule has 2 rings (SSSR count). The summed E-state index contributed by atoms with van der Waals surface area (Å²) in [6.07, 6.45) is 0. The van der Waals surface area contributed by atoms with E-state index in [0.717, 1.165) is 0 Å². The molecule has 0 spiro atoms. The first kappa shape index (κ1) is 12.5. The number of benzene rings is 1. The van der Waals surface area contributed by atoms with Gasteiger partial charge in [0.1, 0.15) is 11.6 Å². The van der Waals surface area contributed by atoms with Crippen LogP contribution in [0.2, 0.25) is 0 Å². The van der Waals surface area contributed by atoms with E-state index >= 15 is 0 Å². The summed E-state index contributed by atoms with van der Waals surface area (Å²) in [6, 6.07) is 6.99. The summed E-state index contributed by atoms with van der Waals surface area (Å²) < 4.78 is 5.39. The number of nitrogens with zero attached hydrogens (tertiary/aromatic N) is 3. The van der Waals surface area contributed by atoms with Crippen LogP contribution in [-0.4, -0.2) is 14.9 Å². The fraction of sp³-hybridized carbons (Fsp3) is 0. The lowest BCUT2D eigenvalue weighted by atomic mass is 10.3. The number of hydrazine groups is 1. The van der Waals surface area contributed by atoms with Crippen molar-refractivity contribution in [2.45, 2.75) is 0 Å². The number of non-ortho nitro benzene ring substituents is 1. The van der Waals surface area contributed by atoms with Gasteiger partial charge in [0.2, 0.25) is 11.8 Å². The molecule has 0 unspecified atom stereocenters. The van der Waals surface area contributed by atoms with E-state index in [1.165, 1.54) is 30.3 Å². The Morgan fingerprint density at radius 2 is 1.95 bits per heavy atom. The van der Waals surface area contributed by atoms with Crippen LogP contribution in [0, 0.1) is 10.1 Å². The lowest BCUT2D eigenvalue weighted by Gasteiger charge is -2.06. The van der Waals surface area contributed by atoms with Crippen LogP contribution in [0.25, 0.3) is 0 Å². The van der Waals surface area contributed by atoms with Crippen LogP contribution >= 0.6 is 0 Å². The molecule has 5 N–H and O–H groups in total. The van der Waals surface area contributed by atoms with Gasteiger partial charge in [0.05, 0.1) is 4.92 Å². The Bertz CT molecular complexity index is 601. The van der Waals surface area contributed by atoms with Crippen LogP contribution < -0.4 is 21.7 Å². The molecule has 0 saturated carbocycles. The van der Waals surface area contributed by atoms with Gasteiger partial charge >= 0.3 is 0 Å². The molecule has 0 atom stereocenters. The van der Waals surface area contributed by atoms with Gasteiger partial charge in [-0.2, -0.15) is 9.97 Å². The third-order valence-electron chi connectivity index (χ3n) is 2.14. The zero-order valence-corrected chi connectivity index (χ0v) is 9.61. The smallest absolute Gasteiger partial charge is 0.269 e. The van der Waals surface area contributed by atoms with E-state index in [1.54, 1.807) is 0 Å². The van der Waals surface area contributed by atoms with Gasteiger partial charge in [-0.1, -0.05) is 0 Å². The van der Waals surface area contributed by atoms with E-state index in [-0.39, 0.29) is 17.5 Å². The minimum atomic E-state index is -0.497. The van der Waals surface area contributed by atoms with Gasteiger partial charge in [0, 0.05) is 18.2 Å². The van der Waals surface area contributed by atoms with E-state index in [4.69, 9.17) is 16.3 Å². The molecule has 1 aromatic heterocycles. The molecule has 1 heterocycles. The second-order valence-electron chi connectivity index (χ2n) is 3.45. The number of aromatic nitrogens is 2. The molecule has 0 amide bonds. The van der Waals surface area contributed by atoms with Gasteiger partial charge in [-0.15, -0.1) is 0 Å². The van der Waals surface area contributed by atoms with Crippen molar-refractivity contribution in [1.82, 2.24) is 9.97 Å². The highest BCUT2D eigenvalue weighted by Gasteiger charge is 2.07. The zero-order chi connectivity index (χ0) is 13.8. The van der Waals surface area contributed by atoms with Gasteiger partial charge in [-0.05, 0) is 12.1 Å². The molecule has 0 fully saturated rings. The Hall–Kier alpha value is -2.94. The summed E-state index contributed by atoms with van der Waals surface area (Å²) >= 11 is 0. The third-order valence-corrected chi connectivity index (χ3v) is 2.14. The fourth-order valence-electron chi connectivity index (χ4n) is 1.33. The van der Waals surface area contributed by atoms with Gasteiger partial charge < -0.3 is 15.9 Å². The molecule has 19 heavy (non-hydrogen) atoms. The highest BCUT2D eigenvalue weighted by atomic mass is 16.6. The summed E-state index contributed by atoms with van der Waals surface area (Å²) in [4.78, 5) is 17.6. The SMILES string of the molecule is NNc1cc(Oc2ccc([N+](=O)[O-])cc2)nc(N)n1. The predicted molar refractivity (Wildman–Crippen MR) is 67.4 cm³/mol. The van der Waals surface area contributed by atoms with E-state index in [0.29, 0.717) is 11.6 Å². The van der Waals surface area contributed by atoms with E-state index in [2.05, 4.69) is 15.4 Å². The van der Waals surface area contributed by atoms with E-state index < -0.39 is 4.92 Å². The number of hydrogen-bond donors (Lipinski definition) is 3. The fourth-order valence-corrected chi connectivity index (χ4v) is 1.33. The van der Waals surface area contributed by atoms with Gasteiger partial charge in [0.15, 0.2) is 0 Å². The van der Waals surface area contributed by atoms with Crippen LogP contribution in [0.3, 0.4) is 0 Å². The van der Waals surface area contributed by atoms with Gasteiger partial charge in [-0.3, -0.25) is 10.1 Å². The predicted octanol–water partition coefficient (Wildman–Crippen LogP) is 1.04. The second-order valence-corrected chi connectivity index (χ2v) is 3.45. The van der Waals surface area contributed by atoms with Crippen LogP contribution in [-0.2, 0) is 0 Å². The normalized spacial score (nSPS) is 9.95. The Morgan fingerprint density at radius 1 is 1.26 bits per heavy atom. The lowest BCUT2D eigenvalue weighted by molar-refractivity contribution is -0.384. The molecule has 2 aromatic rings. The van der Waals surface area contributed by atoms with Crippen molar-refractivity contribution >= 4 is 17.5 Å². The van der Waals surface area contributed by atoms with Crippen molar-refractivity contribution in [3.8, 4) is 11.6 Å². The Labute approximate surface area is 107 Å². The molecule has 9 nitrogen and oxygen atoms in total. The average Bonchev–Trinajstić information content (AvgIpc) is 2.38. The second kappa shape index (κ2) is 5.14. The first-order chi connectivity index (χ1) is 9.08. The van der Waals surface area contributed by atoms with Crippen molar-refractivity contribution in [3.63, 3.8) is 0 Å². The molecule has 9 heteroatoms. The molecule has 0 saturated heterocycles. The van der Waals surface area contributed by atoms with Crippen LogP contribution in [0.1, 0.15) is 0 Å². The minimum Gasteiger partial charge on any atom is -0.439 e. The number of hydrogen-bond acceptors (Lipinski definition) is 8. The number of anilines is 2. The molecule has 0 radical (unpaired) electrons. The first-order valence-corrected chi connectivity index (χ1v) is 5.12. The van der Waals surface area contributed by atoms with Crippen molar-refractivity contribution in [3.05, 3.63) is 40.4 Å². The molecular formula is C10H10N6O3. The standard InChI is InChI=1S/C10H10N6O3/c11-10-13-8(15-12)5-9(14-10)19-7-3-1-6(2-4-7)16(17)18/h1-5H,12H2,(H3,11,13,14,15). The number of ether oxygens (including phenoxy) is 1. The first-order valence-electron chi connectivity index (χ1n) is 5.12. The monoisotopic (exact) mass is 262 g/mol.